The number of carbonyl (C=O) groups is 2. The van der Waals surface area contributed by atoms with Gasteiger partial charge >= 0.3 is 0 Å². The van der Waals surface area contributed by atoms with E-state index in [1.165, 1.54) is 13.2 Å². The van der Waals surface area contributed by atoms with Crippen LogP contribution in [0.1, 0.15) is 15.9 Å². The maximum Gasteiger partial charge on any atom is 0.273 e. The van der Waals surface area contributed by atoms with E-state index in [9.17, 15) is 9.59 Å². The number of methoxy groups -OCH3 is 2. The summed E-state index contributed by atoms with van der Waals surface area (Å²) in [6, 6.07) is 13.9. The van der Waals surface area contributed by atoms with Crippen LogP contribution in [0.4, 0.5) is 0 Å². The highest BCUT2D eigenvalue weighted by Gasteiger charge is 2.11. The zero-order valence-electron chi connectivity index (χ0n) is 14.8. The molecule has 0 bridgehead atoms. The number of thiocarbonyl (C=S) groups is 1. The van der Waals surface area contributed by atoms with Gasteiger partial charge in [-0.3, -0.25) is 25.8 Å². The van der Waals surface area contributed by atoms with Gasteiger partial charge in [0, 0.05) is 6.08 Å². The molecule has 0 aromatic heterocycles. The minimum atomic E-state index is -0.446. The molecule has 0 spiro atoms. The van der Waals surface area contributed by atoms with Crippen LogP contribution >= 0.6 is 12.2 Å². The molecule has 0 aliphatic rings. The Morgan fingerprint density at radius 2 is 1.67 bits per heavy atom. The average molecular weight is 385 g/mol. The molecule has 7 nitrogen and oxygen atoms in total. The quantitative estimate of drug-likeness (QED) is 0.415. The van der Waals surface area contributed by atoms with Crippen LogP contribution in [0, 0.1) is 0 Å². The minimum absolute atomic E-state index is 0.0392. The number of ether oxygens (including phenoxy) is 2. The van der Waals surface area contributed by atoms with Crippen LogP contribution < -0.4 is 25.6 Å². The van der Waals surface area contributed by atoms with Gasteiger partial charge in [0.25, 0.3) is 5.91 Å². The summed E-state index contributed by atoms with van der Waals surface area (Å²) in [5.74, 6) is 0.273. The number of hydrazine groups is 1. The van der Waals surface area contributed by atoms with Crippen LogP contribution in [0.25, 0.3) is 6.08 Å². The van der Waals surface area contributed by atoms with Gasteiger partial charge in [-0.15, -0.1) is 0 Å². The lowest BCUT2D eigenvalue weighted by Gasteiger charge is -2.11. The van der Waals surface area contributed by atoms with Crippen LogP contribution in [0.5, 0.6) is 11.5 Å². The Labute approximate surface area is 162 Å². The van der Waals surface area contributed by atoms with Gasteiger partial charge in [0.15, 0.2) is 5.11 Å². The van der Waals surface area contributed by atoms with Crippen molar-refractivity contribution in [3.05, 3.63) is 65.7 Å². The highest BCUT2D eigenvalue weighted by atomic mass is 32.1. The number of nitrogens with one attached hydrogen (secondary N) is 3. The third kappa shape index (κ3) is 6.12. The van der Waals surface area contributed by atoms with E-state index in [1.807, 2.05) is 12.1 Å². The minimum Gasteiger partial charge on any atom is -0.497 e. The van der Waals surface area contributed by atoms with Crippen molar-refractivity contribution < 1.29 is 19.1 Å². The first-order chi connectivity index (χ1) is 13.0. The molecule has 0 fully saturated rings. The zero-order chi connectivity index (χ0) is 19.6. The van der Waals surface area contributed by atoms with E-state index in [4.69, 9.17) is 21.7 Å². The Morgan fingerprint density at radius 1 is 0.963 bits per heavy atom. The lowest BCUT2D eigenvalue weighted by atomic mass is 10.2. The van der Waals surface area contributed by atoms with Crippen molar-refractivity contribution in [2.45, 2.75) is 0 Å². The number of rotatable bonds is 5. The van der Waals surface area contributed by atoms with Gasteiger partial charge in [0.1, 0.15) is 11.5 Å². The first-order valence-corrected chi connectivity index (χ1v) is 8.30. The highest BCUT2D eigenvalue weighted by molar-refractivity contribution is 7.80. The Kier molecular flexibility index (Phi) is 7.33. The van der Waals surface area contributed by atoms with Gasteiger partial charge in [-0.1, -0.05) is 24.3 Å². The molecule has 2 amide bonds. The Bertz CT molecular complexity index is 850. The van der Waals surface area contributed by atoms with Crippen molar-refractivity contribution in [2.75, 3.05) is 14.2 Å². The molecule has 140 valence electrons. The van der Waals surface area contributed by atoms with E-state index in [-0.39, 0.29) is 5.11 Å². The van der Waals surface area contributed by atoms with Crippen molar-refractivity contribution >= 4 is 35.2 Å². The zero-order valence-corrected chi connectivity index (χ0v) is 15.6. The SMILES string of the molecule is COc1ccc(/C=C/C(=O)NC(=S)NNC(=O)c2ccccc2OC)cc1. The van der Waals surface area contributed by atoms with Gasteiger partial charge in [0.2, 0.25) is 5.91 Å². The number of para-hydroxylation sites is 1. The molecule has 3 N–H and O–H groups in total. The van der Waals surface area contributed by atoms with Crippen LogP contribution in [-0.2, 0) is 4.79 Å². The molecule has 0 saturated carbocycles. The third-order valence-corrected chi connectivity index (χ3v) is 3.62. The van der Waals surface area contributed by atoms with Crippen molar-refractivity contribution in [2.24, 2.45) is 0 Å². The standard InChI is InChI=1S/C19H19N3O4S/c1-25-14-10-7-13(8-11-14)9-12-17(23)20-19(27)22-21-18(24)15-5-3-4-6-16(15)26-2/h3-12H,1-2H3,(H,21,24)(H2,20,22,23,27)/b12-9+. The van der Waals surface area contributed by atoms with E-state index < -0.39 is 11.8 Å². The molecule has 0 radical (unpaired) electrons. The second-order valence-electron chi connectivity index (χ2n) is 5.20. The summed E-state index contributed by atoms with van der Waals surface area (Å²) in [5, 5.41) is 2.39. The lowest BCUT2D eigenvalue weighted by molar-refractivity contribution is -0.115. The van der Waals surface area contributed by atoms with Crippen LogP contribution in [0.15, 0.2) is 54.6 Å². The maximum atomic E-state index is 12.1. The van der Waals surface area contributed by atoms with Gasteiger partial charge < -0.3 is 9.47 Å². The molecule has 0 unspecified atom stereocenters. The highest BCUT2D eigenvalue weighted by Crippen LogP contribution is 2.16. The summed E-state index contributed by atoms with van der Waals surface area (Å²) in [6.07, 6.45) is 2.96. The number of benzene rings is 2. The molecule has 0 heterocycles. The first kappa shape index (κ1) is 19.9. The summed E-state index contributed by atoms with van der Waals surface area (Å²) in [7, 11) is 3.05. The Morgan fingerprint density at radius 3 is 2.33 bits per heavy atom. The van der Waals surface area contributed by atoms with E-state index in [0.717, 1.165) is 11.3 Å². The van der Waals surface area contributed by atoms with Crippen LogP contribution in [-0.4, -0.2) is 31.1 Å². The predicted molar refractivity (Wildman–Crippen MR) is 106 cm³/mol. The van der Waals surface area contributed by atoms with Gasteiger partial charge in [-0.25, -0.2) is 0 Å². The smallest absolute Gasteiger partial charge is 0.273 e. The molecule has 2 aromatic carbocycles. The molecule has 2 aromatic rings. The second-order valence-corrected chi connectivity index (χ2v) is 5.61. The maximum absolute atomic E-state index is 12.1. The fraction of sp³-hybridized carbons (Fsp3) is 0.105. The summed E-state index contributed by atoms with van der Waals surface area (Å²) in [5.41, 5.74) is 6.04. The van der Waals surface area contributed by atoms with E-state index in [1.54, 1.807) is 49.6 Å². The third-order valence-electron chi connectivity index (χ3n) is 3.42. The lowest BCUT2D eigenvalue weighted by Crippen LogP contribution is -2.48. The molecule has 0 aliphatic heterocycles. The first-order valence-electron chi connectivity index (χ1n) is 7.90. The monoisotopic (exact) mass is 385 g/mol. The summed E-state index contributed by atoms with van der Waals surface area (Å²) >= 11 is 4.98. The van der Waals surface area contributed by atoms with E-state index in [2.05, 4.69) is 16.2 Å². The van der Waals surface area contributed by atoms with Gasteiger partial charge in [-0.2, -0.15) is 0 Å². The average Bonchev–Trinajstić information content (AvgIpc) is 2.70. The van der Waals surface area contributed by atoms with E-state index >= 15 is 0 Å². The summed E-state index contributed by atoms with van der Waals surface area (Å²) in [6.45, 7) is 0. The van der Waals surface area contributed by atoms with Crippen molar-refractivity contribution in [1.29, 1.82) is 0 Å². The Hall–Kier alpha value is -3.39. The molecule has 0 saturated heterocycles. The normalized spacial score (nSPS) is 10.1. The fourth-order valence-electron chi connectivity index (χ4n) is 2.08. The topological polar surface area (TPSA) is 88.7 Å². The molecular weight excluding hydrogens is 366 g/mol. The number of carbonyl (C=O) groups excluding carboxylic acids is 2. The van der Waals surface area contributed by atoms with Crippen LogP contribution in [0.3, 0.4) is 0 Å². The second kappa shape index (κ2) is 9.93. The van der Waals surface area contributed by atoms with E-state index in [0.29, 0.717) is 11.3 Å². The molecule has 2 rings (SSSR count). The molecular formula is C19H19N3O4S. The predicted octanol–water partition coefficient (Wildman–Crippen LogP) is 2.05. The summed E-state index contributed by atoms with van der Waals surface area (Å²) in [4.78, 5) is 24.0. The van der Waals surface area contributed by atoms with Crippen molar-refractivity contribution in [3.8, 4) is 11.5 Å². The number of amides is 2. The summed E-state index contributed by atoms with van der Waals surface area (Å²) < 4.78 is 10.2. The molecule has 27 heavy (non-hydrogen) atoms. The van der Waals surface area contributed by atoms with Gasteiger partial charge in [0.05, 0.1) is 19.8 Å². The van der Waals surface area contributed by atoms with Crippen molar-refractivity contribution in [3.63, 3.8) is 0 Å². The Balaban J connectivity index is 1.83. The number of hydrogen-bond acceptors (Lipinski definition) is 5. The van der Waals surface area contributed by atoms with Crippen molar-refractivity contribution in [1.82, 2.24) is 16.2 Å². The molecule has 8 heteroatoms. The van der Waals surface area contributed by atoms with Gasteiger partial charge in [-0.05, 0) is 48.1 Å². The molecule has 0 atom stereocenters. The van der Waals surface area contributed by atoms with Crippen LogP contribution in [0.2, 0.25) is 0 Å². The number of hydrogen-bond donors (Lipinski definition) is 3. The fourth-order valence-corrected chi connectivity index (χ4v) is 2.24. The molecule has 0 aliphatic carbocycles. The largest absolute Gasteiger partial charge is 0.497 e.